The summed E-state index contributed by atoms with van der Waals surface area (Å²) in [4.78, 5) is 9.13. The molecule has 1 saturated carbocycles. The van der Waals surface area contributed by atoms with E-state index in [1.54, 1.807) is 0 Å². The fourth-order valence-corrected chi connectivity index (χ4v) is 2.49. The van der Waals surface area contributed by atoms with Gasteiger partial charge in [0.25, 0.3) is 0 Å². The molecule has 0 aromatic carbocycles. The average molecular weight is 237 g/mol. The number of nitrogens with zero attached hydrogens (tertiary/aromatic N) is 2. The Balaban J connectivity index is 2.06. The highest BCUT2D eigenvalue weighted by Gasteiger charge is 2.27. The van der Waals surface area contributed by atoms with Gasteiger partial charge in [-0.15, -0.1) is 11.8 Å². The first-order valence-corrected chi connectivity index (χ1v) is 7.01. The topological polar surface area (TPSA) is 37.8 Å². The van der Waals surface area contributed by atoms with Crippen LogP contribution in [-0.2, 0) is 0 Å². The summed E-state index contributed by atoms with van der Waals surface area (Å²) in [6.45, 7) is 2.22. The number of rotatable bonds is 6. The molecule has 1 aliphatic carbocycles. The first-order chi connectivity index (χ1) is 7.83. The fraction of sp³-hybridized carbons (Fsp3) is 0.667. The predicted octanol–water partition coefficient (Wildman–Crippen LogP) is 3.29. The van der Waals surface area contributed by atoms with E-state index in [0.717, 1.165) is 22.4 Å². The fourth-order valence-electron chi connectivity index (χ4n) is 1.49. The molecule has 0 spiro atoms. The van der Waals surface area contributed by atoms with Gasteiger partial charge in [0.15, 0.2) is 0 Å². The Morgan fingerprint density at radius 1 is 1.44 bits per heavy atom. The van der Waals surface area contributed by atoms with Crippen molar-refractivity contribution in [3.8, 4) is 0 Å². The third-order valence-electron chi connectivity index (χ3n) is 2.67. The summed E-state index contributed by atoms with van der Waals surface area (Å²) in [7, 11) is 1.92. The zero-order valence-corrected chi connectivity index (χ0v) is 10.8. The van der Waals surface area contributed by atoms with E-state index in [-0.39, 0.29) is 0 Å². The number of aromatic nitrogens is 2. The van der Waals surface area contributed by atoms with Crippen LogP contribution in [0.1, 0.15) is 44.3 Å². The summed E-state index contributed by atoms with van der Waals surface area (Å²) in [6, 6.07) is 2.05. The monoisotopic (exact) mass is 237 g/mol. The van der Waals surface area contributed by atoms with E-state index in [4.69, 9.17) is 0 Å². The lowest BCUT2D eigenvalue weighted by molar-refractivity contribution is 0.871. The van der Waals surface area contributed by atoms with E-state index in [2.05, 4.69) is 22.2 Å². The molecule has 0 atom stereocenters. The number of hydrogen-bond donors (Lipinski definition) is 1. The Kier molecular flexibility index (Phi) is 4.04. The van der Waals surface area contributed by atoms with Crippen molar-refractivity contribution in [2.24, 2.45) is 0 Å². The van der Waals surface area contributed by atoms with Gasteiger partial charge in [0.1, 0.15) is 16.7 Å². The Morgan fingerprint density at radius 2 is 2.25 bits per heavy atom. The van der Waals surface area contributed by atoms with Gasteiger partial charge in [-0.3, -0.25) is 0 Å². The van der Waals surface area contributed by atoms with Crippen LogP contribution >= 0.6 is 11.8 Å². The van der Waals surface area contributed by atoms with Crippen molar-refractivity contribution in [2.75, 3.05) is 18.1 Å². The second kappa shape index (κ2) is 5.53. The molecule has 0 radical (unpaired) electrons. The Labute approximate surface area is 101 Å². The van der Waals surface area contributed by atoms with Crippen molar-refractivity contribution in [1.29, 1.82) is 0 Å². The average Bonchev–Trinajstić information content (AvgIpc) is 3.13. The number of thioether (sulfide) groups is 1. The van der Waals surface area contributed by atoms with Gasteiger partial charge in [0.05, 0.1) is 0 Å². The minimum atomic E-state index is 0.624. The van der Waals surface area contributed by atoms with Gasteiger partial charge in [-0.05, 0) is 25.0 Å². The van der Waals surface area contributed by atoms with Gasteiger partial charge in [-0.2, -0.15) is 0 Å². The van der Waals surface area contributed by atoms with Crippen molar-refractivity contribution in [3.63, 3.8) is 0 Å². The molecule has 0 saturated heterocycles. The molecule has 16 heavy (non-hydrogen) atoms. The molecular weight excluding hydrogens is 218 g/mol. The van der Waals surface area contributed by atoms with E-state index in [1.807, 2.05) is 24.9 Å². The highest BCUT2D eigenvalue weighted by molar-refractivity contribution is 7.99. The highest BCUT2D eigenvalue weighted by Crippen LogP contribution is 2.39. The largest absolute Gasteiger partial charge is 0.373 e. The zero-order valence-electron chi connectivity index (χ0n) is 9.99. The van der Waals surface area contributed by atoms with Crippen LogP contribution < -0.4 is 5.32 Å². The van der Waals surface area contributed by atoms with Crippen LogP contribution in [0.2, 0.25) is 0 Å². The maximum absolute atomic E-state index is 4.63. The lowest BCUT2D eigenvalue weighted by atomic mass is 10.4. The highest BCUT2D eigenvalue weighted by atomic mass is 32.2. The SMILES string of the molecule is CCCCSc1cc(NC)nc(C2CC2)n1. The smallest absolute Gasteiger partial charge is 0.135 e. The van der Waals surface area contributed by atoms with E-state index >= 15 is 0 Å². The van der Waals surface area contributed by atoms with Crippen molar-refractivity contribution in [2.45, 2.75) is 43.6 Å². The van der Waals surface area contributed by atoms with Gasteiger partial charge in [-0.1, -0.05) is 13.3 Å². The molecule has 3 nitrogen and oxygen atoms in total. The van der Waals surface area contributed by atoms with Gasteiger partial charge in [-0.25, -0.2) is 9.97 Å². The van der Waals surface area contributed by atoms with Crippen molar-refractivity contribution < 1.29 is 0 Å². The van der Waals surface area contributed by atoms with Gasteiger partial charge in [0.2, 0.25) is 0 Å². The second-order valence-electron chi connectivity index (χ2n) is 4.18. The molecule has 1 heterocycles. The van der Waals surface area contributed by atoms with E-state index < -0.39 is 0 Å². The molecule has 0 aliphatic heterocycles. The summed E-state index contributed by atoms with van der Waals surface area (Å²) in [5.74, 6) is 3.77. The summed E-state index contributed by atoms with van der Waals surface area (Å²) in [5.41, 5.74) is 0. The van der Waals surface area contributed by atoms with Crippen LogP contribution in [0.4, 0.5) is 5.82 Å². The van der Waals surface area contributed by atoms with E-state index in [9.17, 15) is 0 Å². The molecular formula is C12H19N3S. The Bertz CT molecular complexity index is 350. The van der Waals surface area contributed by atoms with Crippen LogP contribution in [-0.4, -0.2) is 22.8 Å². The first-order valence-electron chi connectivity index (χ1n) is 6.03. The Morgan fingerprint density at radius 3 is 2.88 bits per heavy atom. The number of hydrogen-bond acceptors (Lipinski definition) is 4. The molecule has 1 aromatic heterocycles. The zero-order chi connectivity index (χ0) is 11.4. The van der Waals surface area contributed by atoms with Crippen LogP contribution in [0, 0.1) is 0 Å². The van der Waals surface area contributed by atoms with Crippen LogP contribution in [0.15, 0.2) is 11.1 Å². The number of nitrogens with one attached hydrogen (secondary N) is 1. The summed E-state index contributed by atoms with van der Waals surface area (Å²) >= 11 is 1.84. The molecule has 2 rings (SSSR count). The lowest BCUT2D eigenvalue weighted by Gasteiger charge is -2.06. The minimum Gasteiger partial charge on any atom is -0.373 e. The molecule has 88 valence electrons. The molecule has 1 aromatic rings. The van der Waals surface area contributed by atoms with Crippen LogP contribution in [0.3, 0.4) is 0 Å². The van der Waals surface area contributed by atoms with Gasteiger partial charge < -0.3 is 5.32 Å². The molecule has 0 unspecified atom stereocenters. The van der Waals surface area contributed by atoms with Crippen molar-refractivity contribution in [1.82, 2.24) is 9.97 Å². The summed E-state index contributed by atoms with van der Waals surface area (Å²) in [5, 5.41) is 4.24. The summed E-state index contributed by atoms with van der Waals surface area (Å²) < 4.78 is 0. The van der Waals surface area contributed by atoms with Crippen molar-refractivity contribution >= 4 is 17.6 Å². The molecule has 0 bridgehead atoms. The normalized spacial score (nSPS) is 15.1. The van der Waals surface area contributed by atoms with E-state index in [1.165, 1.54) is 25.7 Å². The van der Waals surface area contributed by atoms with Crippen molar-refractivity contribution in [3.05, 3.63) is 11.9 Å². The maximum Gasteiger partial charge on any atom is 0.135 e. The number of anilines is 1. The van der Waals surface area contributed by atoms with Crippen LogP contribution in [0.5, 0.6) is 0 Å². The quantitative estimate of drug-likeness (QED) is 0.468. The first kappa shape index (κ1) is 11.7. The predicted molar refractivity (Wildman–Crippen MR) is 69.2 cm³/mol. The molecule has 4 heteroatoms. The standard InChI is InChI=1S/C12H19N3S/c1-3-4-7-16-11-8-10(13-2)14-12(15-11)9-5-6-9/h8-9H,3-7H2,1-2H3,(H,13,14,15). The van der Waals surface area contributed by atoms with Gasteiger partial charge >= 0.3 is 0 Å². The third-order valence-corrected chi connectivity index (χ3v) is 3.66. The Hall–Kier alpha value is -0.770. The van der Waals surface area contributed by atoms with Crippen LogP contribution in [0.25, 0.3) is 0 Å². The molecule has 0 amide bonds. The third kappa shape index (κ3) is 3.11. The summed E-state index contributed by atoms with van der Waals surface area (Å²) in [6.07, 6.45) is 5.01. The van der Waals surface area contributed by atoms with Gasteiger partial charge in [0, 0.05) is 19.0 Å². The minimum absolute atomic E-state index is 0.624. The number of unbranched alkanes of at least 4 members (excludes halogenated alkanes) is 1. The van der Waals surface area contributed by atoms with E-state index in [0.29, 0.717) is 5.92 Å². The molecule has 1 fully saturated rings. The second-order valence-corrected chi connectivity index (χ2v) is 5.29. The molecule has 1 aliphatic rings. The molecule has 1 N–H and O–H groups in total. The lowest BCUT2D eigenvalue weighted by Crippen LogP contribution is -2.00. The maximum atomic E-state index is 4.63.